The lowest BCUT2D eigenvalue weighted by Gasteiger charge is -2.31. The lowest BCUT2D eigenvalue weighted by Crippen LogP contribution is -2.47. The van der Waals surface area contributed by atoms with Gasteiger partial charge in [0.15, 0.2) is 5.76 Å². The van der Waals surface area contributed by atoms with Crippen molar-refractivity contribution in [3.63, 3.8) is 0 Å². The SMILES string of the molecule is CCCNC(=O)CN1CCC(NC(=O)c2ccc(-c3cccc(C(F)(F)F)c3)o2)CC1. The van der Waals surface area contributed by atoms with Gasteiger partial charge in [-0.25, -0.2) is 0 Å². The highest BCUT2D eigenvalue weighted by Gasteiger charge is 2.31. The van der Waals surface area contributed by atoms with Crippen molar-refractivity contribution < 1.29 is 27.2 Å². The maximum Gasteiger partial charge on any atom is 0.416 e. The van der Waals surface area contributed by atoms with Crippen molar-refractivity contribution in [3.8, 4) is 11.3 Å². The summed E-state index contributed by atoms with van der Waals surface area (Å²) in [4.78, 5) is 26.4. The number of amides is 2. The van der Waals surface area contributed by atoms with Gasteiger partial charge in [0.1, 0.15) is 5.76 Å². The van der Waals surface area contributed by atoms with Crippen LogP contribution in [0.15, 0.2) is 40.8 Å². The topological polar surface area (TPSA) is 74.6 Å². The number of furan rings is 1. The highest BCUT2D eigenvalue weighted by molar-refractivity contribution is 5.92. The van der Waals surface area contributed by atoms with Gasteiger partial charge < -0.3 is 15.1 Å². The van der Waals surface area contributed by atoms with Crippen molar-refractivity contribution in [1.29, 1.82) is 0 Å². The largest absolute Gasteiger partial charge is 0.451 e. The number of carbonyl (C=O) groups is 2. The molecule has 2 N–H and O–H groups in total. The number of halogens is 3. The van der Waals surface area contributed by atoms with E-state index in [4.69, 9.17) is 4.42 Å². The first-order valence-corrected chi connectivity index (χ1v) is 10.3. The summed E-state index contributed by atoms with van der Waals surface area (Å²) >= 11 is 0. The molecule has 0 spiro atoms. The number of carbonyl (C=O) groups excluding carboxylic acids is 2. The molecule has 1 aliphatic rings. The van der Waals surface area contributed by atoms with Crippen molar-refractivity contribution in [1.82, 2.24) is 15.5 Å². The molecule has 9 heteroatoms. The molecular formula is C22H26F3N3O3. The Bertz CT molecular complexity index is 903. The zero-order valence-electron chi connectivity index (χ0n) is 17.3. The molecule has 1 aromatic carbocycles. The van der Waals surface area contributed by atoms with Gasteiger partial charge in [-0.3, -0.25) is 14.5 Å². The zero-order chi connectivity index (χ0) is 22.4. The van der Waals surface area contributed by atoms with Gasteiger partial charge in [-0.15, -0.1) is 0 Å². The smallest absolute Gasteiger partial charge is 0.416 e. The monoisotopic (exact) mass is 437 g/mol. The Hall–Kier alpha value is -2.81. The molecule has 6 nitrogen and oxygen atoms in total. The van der Waals surface area contributed by atoms with Crippen LogP contribution < -0.4 is 10.6 Å². The van der Waals surface area contributed by atoms with Gasteiger partial charge in [0.2, 0.25) is 5.91 Å². The van der Waals surface area contributed by atoms with E-state index in [-0.39, 0.29) is 29.0 Å². The molecule has 0 unspecified atom stereocenters. The van der Waals surface area contributed by atoms with Gasteiger partial charge in [-0.2, -0.15) is 13.2 Å². The normalized spacial score (nSPS) is 15.6. The van der Waals surface area contributed by atoms with E-state index in [9.17, 15) is 22.8 Å². The molecule has 0 saturated carbocycles. The number of piperidine rings is 1. The van der Waals surface area contributed by atoms with Crippen LogP contribution >= 0.6 is 0 Å². The predicted molar refractivity (Wildman–Crippen MR) is 109 cm³/mol. The summed E-state index contributed by atoms with van der Waals surface area (Å²) in [5.74, 6) is -0.155. The second kappa shape index (κ2) is 10.00. The summed E-state index contributed by atoms with van der Waals surface area (Å²) < 4.78 is 44.2. The van der Waals surface area contributed by atoms with Crippen LogP contribution in [0, 0.1) is 0 Å². The number of nitrogens with zero attached hydrogens (tertiary/aromatic N) is 1. The first-order valence-electron chi connectivity index (χ1n) is 10.3. The first-order chi connectivity index (χ1) is 14.8. The van der Waals surface area contributed by atoms with Crippen LogP contribution in [0.3, 0.4) is 0 Å². The Morgan fingerprint density at radius 3 is 2.58 bits per heavy atom. The molecule has 1 aliphatic heterocycles. The van der Waals surface area contributed by atoms with Crippen LogP contribution in [-0.2, 0) is 11.0 Å². The van der Waals surface area contributed by atoms with Gasteiger partial charge >= 0.3 is 6.18 Å². The van der Waals surface area contributed by atoms with E-state index in [2.05, 4.69) is 10.6 Å². The average molecular weight is 437 g/mol. The minimum Gasteiger partial charge on any atom is -0.451 e. The standard InChI is InChI=1S/C22H26F3N3O3/c1-2-10-26-20(29)14-28-11-8-17(9-12-28)27-21(30)19-7-6-18(31-19)15-4-3-5-16(13-15)22(23,24)25/h3-7,13,17H,2,8-12,14H2,1H3,(H,26,29)(H,27,30). The number of benzene rings is 1. The van der Waals surface area contributed by atoms with Gasteiger partial charge in [-0.05, 0) is 43.5 Å². The third kappa shape index (κ3) is 6.33. The van der Waals surface area contributed by atoms with Crippen molar-refractivity contribution in [2.75, 3.05) is 26.2 Å². The van der Waals surface area contributed by atoms with E-state index in [1.807, 2.05) is 11.8 Å². The zero-order valence-corrected chi connectivity index (χ0v) is 17.3. The molecular weight excluding hydrogens is 411 g/mol. The molecule has 2 amide bonds. The van der Waals surface area contributed by atoms with Crippen molar-refractivity contribution in [2.45, 2.75) is 38.4 Å². The molecule has 2 heterocycles. The summed E-state index contributed by atoms with van der Waals surface area (Å²) in [6, 6.07) is 7.68. The molecule has 1 aromatic heterocycles. The predicted octanol–water partition coefficient (Wildman–Crippen LogP) is 3.69. The molecule has 0 atom stereocenters. The van der Waals surface area contributed by atoms with E-state index < -0.39 is 17.6 Å². The lowest BCUT2D eigenvalue weighted by molar-refractivity contribution is -0.137. The van der Waals surface area contributed by atoms with Crippen molar-refractivity contribution >= 4 is 11.8 Å². The lowest BCUT2D eigenvalue weighted by atomic mass is 10.0. The Kier molecular flexibility index (Phi) is 7.37. The molecule has 168 valence electrons. The van der Waals surface area contributed by atoms with E-state index in [0.717, 1.165) is 18.6 Å². The minimum atomic E-state index is -4.45. The number of likely N-dealkylation sites (tertiary alicyclic amines) is 1. The van der Waals surface area contributed by atoms with Gasteiger partial charge in [0.05, 0.1) is 12.1 Å². The molecule has 3 rings (SSSR count). The van der Waals surface area contributed by atoms with Crippen LogP contribution in [0.5, 0.6) is 0 Å². The quantitative estimate of drug-likeness (QED) is 0.693. The van der Waals surface area contributed by atoms with Crippen LogP contribution in [0.25, 0.3) is 11.3 Å². The third-order valence-corrected chi connectivity index (χ3v) is 5.17. The molecule has 1 saturated heterocycles. The average Bonchev–Trinajstić information content (AvgIpc) is 3.24. The van der Waals surface area contributed by atoms with Gasteiger partial charge in [0, 0.05) is 31.2 Å². The number of hydrogen-bond acceptors (Lipinski definition) is 4. The Labute approximate surface area is 178 Å². The number of rotatable bonds is 7. The fourth-order valence-electron chi connectivity index (χ4n) is 3.48. The number of hydrogen-bond donors (Lipinski definition) is 2. The maximum absolute atomic E-state index is 12.9. The van der Waals surface area contributed by atoms with Crippen molar-refractivity contribution in [3.05, 3.63) is 47.7 Å². The summed E-state index contributed by atoms with van der Waals surface area (Å²) in [5.41, 5.74) is -0.522. The fraction of sp³-hybridized carbons (Fsp3) is 0.455. The summed E-state index contributed by atoms with van der Waals surface area (Å²) in [5, 5.41) is 5.75. The van der Waals surface area contributed by atoms with Crippen LogP contribution in [0.4, 0.5) is 13.2 Å². The van der Waals surface area contributed by atoms with Crippen LogP contribution in [0.2, 0.25) is 0 Å². The van der Waals surface area contributed by atoms with E-state index in [1.54, 1.807) is 0 Å². The maximum atomic E-state index is 12.9. The van der Waals surface area contributed by atoms with Gasteiger partial charge in [0.25, 0.3) is 5.91 Å². The van der Waals surface area contributed by atoms with Crippen LogP contribution in [0.1, 0.15) is 42.3 Å². The Morgan fingerprint density at radius 1 is 1.16 bits per heavy atom. The highest BCUT2D eigenvalue weighted by atomic mass is 19.4. The molecule has 1 fully saturated rings. The Morgan fingerprint density at radius 2 is 1.90 bits per heavy atom. The summed E-state index contributed by atoms with van der Waals surface area (Å²) in [6.45, 7) is 4.39. The highest BCUT2D eigenvalue weighted by Crippen LogP contribution is 2.32. The molecule has 31 heavy (non-hydrogen) atoms. The second-order valence-corrected chi connectivity index (χ2v) is 7.62. The van der Waals surface area contributed by atoms with E-state index in [1.165, 1.54) is 24.3 Å². The number of alkyl halides is 3. The number of nitrogens with one attached hydrogen (secondary N) is 2. The molecule has 0 aliphatic carbocycles. The van der Waals surface area contributed by atoms with Crippen molar-refractivity contribution in [2.24, 2.45) is 0 Å². The fourth-order valence-corrected chi connectivity index (χ4v) is 3.48. The summed E-state index contributed by atoms with van der Waals surface area (Å²) in [6.07, 6.45) is -2.15. The molecule has 0 bridgehead atoms. The summed E-state index contributed by atoms with van der Waals surface area (Å²) in [7, 11) is 0. The first kappa shape index (κ1) is 22.9. The van der Waals surface area contributed by atoms with Gasteiger partial charge in [-0.1, -0.05) is 19.1 Å². The second-order valence-electron chi connectivity index (χ2n) is 7.62. The minimum absolute atomic E-state index is 0.00189. The third-order valence-electron chi connectivity index (χ3n) is 5.17. The van der Waals surface area contributed by atoms with E-state index in [0.29, 0.717) is 39.0 Å². The molecule has 2 aromatic rings. The van der Waals surface area contributed by atoms with Crippen LogP contribution in [-0.4, -0.2) is 48.9 Å². The Balaban J connectivity index is 1.53. The van der Waals surface area contributed by atoms with E-state index >= 15 is 0 Å². The molecule has 0 radical (unpaired) electrons.